The molecule has 2 aromatic carbocycles. The molecule has 0 aliphatic carbocycles. The van der Waals surface area contributed by atoms with E-state index in [4.69, 9.17) is 22.2 Å². The number of hydrogen-bond acceptors (Lipinski definition) is 5. The molecule has 0 bridgehead atoms. The van der Waals surface area contributed by atoms with Gasteiger partial charge in [-0.05, 0) is 43.2 Å². The Bertz CT molecular complexity index is 1140. The number of benzene rings is 2. The molecular formula is C24H25ClF4N4O4. The summed E-state index contributed by atoms with van der Waals surface area (Å²) in [5.74, 6) is -2.25. The first-order valence-corrected chi connectivity index (χ1v) is 11.6. The Hall–Kier alpha value is -3.22. The number of piperidine rings is 1. The van der Waals surface area contributed by atoms with Crippen molar-refractivity contribution in [3.05, 3.63) is 70.0 Å². The van der Waals surface area contributed by atoms with Gasteiger partial charge >= 0.3 is 6.18 Å². The van der Waals surface area contributed by atoms with Crippen molar-refractivity contribution in [1.29, 1.82) is 0 Å². The Morgan fingerprint density at radius 2 is 1.73 bits per heavy atom. The maximum absolute atomic E-state index is 14.2. The molecule has 1 aliphatic rings. The van der Waals surface area contributed by atoms with Gasteiger partial charge < -0.3 is 16.0 Å². The van der Waals surface area contributed by atoms with Gasteiger partial charge in [-0.1, -0.05) is 23.7 Å². The summed E-state index contributed by atoms with van der Waals surface area (Å²) in [6.07, 6.45) is -4.21. The monoisotopic (exact) mass is 544 g/mol. The molecule has 37 heavy (non-hydrogen) atoms. The standard InChI is InChI=1S/C24H25ClF4N4O4/c25-18-3-1-2-16(20(18)26)13-31-22(36)23(8-10-33(11-9-23)19(34)12-30)14-37-32-21(35)15-4-6-17(7-5-15)24(27,28)29/h1-7H,8-14,30H2,(H,31,36)(H,32,35). The van der Waals surface area contributed by atoms with Crippen LogP contribution in [0.25, 0.3) is 0 Å². The highest BCUT2D eigenvalue weighted by atomic mass is 35.5. The molecule has 0 radical (unpaired) electrons. The van der Waals surface area contributed by atoms with E-state index < -0.39 is 34.8 Å². The maximum Gasteiger partial charge on any atom is 0.416 e. The molecule has 3 rings (SSSR count). The van der Waals surface area contributed by atoms with Gasteiger partial charge in [0.1, 0.15) is 5.82 Å². The number of nitrogens with one attached hydrogen (secondary N) is 2. The zero-order chi connectivity index (χ0) is 27.2. The van der Waals surface area contributed by atoms with E-state index in [-0.39, 0.29) is 67.7 Å². The fourth-order valence-electron chi connectivity index (χ4n) is 3.91. The van der Waals surface area contributed by atoms with Gasteiger partial charge in [-0.25, -0.2) is 9.87 Å². The number of amides is 3. The second-order valence-corrected chi connectivity index (χ2v) is 8.96. The lowest BCUT2D eigenvalue weighted by molar-refractivity contribution is -0.145. The van der Waals surface area contributed by atoms with Crippen LogP contribution in [0.3, 0.4) is 0 Å². The Kier molecular flexibility index (Phi) is 9.11. The predicted octanol–water partition coefficient (Wildman–Crippen LogP) is 3.04. The summed E-state index contributed by atoms with van der Waals surface area (Å²) in [4.78, 5) is 44.3. The number of hydroxylamine groups is 1. The minimum atomic E-state index is -4.54. The first-order valence-electron chi connectivity index (χ1n) is 11.3. The first-order chi connectivity index (χ1) is 17.5. The van der Waals surface area contributed by atoms with Crippen LogP contribution in [0.1, 0.15) is 34.3 Å². The molecule has 0 unspecified atom stereocenters. The van der Waals surface area contributed by atoms with Crippen LogP contribution in [0.5, 0.6) is 0 Å². The summed E-state index contributed by atoms with van der Waals surface area (Å²) in [5, 5.41) is 2.57. The van der Waals surface area contributed by atoms with E-state index in [2.05, 4.69) is 10.8 Å². The third-order valence-corrected chi connectivity index (χ3v) is 6.48. The van der Waals surface area contributed by atoms with Crippen molar-refractivity contribution >= 4 is 29.3 Å². The maximum atomic E-state index is 14.2. The summed E-state index contributed by atoms with van der Waals surface area (Å²) >= 11 is 5.79. The number of alkyl halides is 3. The number of hydrogen-bond donors (Lipinski definition) is 3. The number of halogens is 5. The van der Waals surface area contributed by atoms with Crippen LogP contribution in [0, 0.1) is 11.2 Å². The van der Waals surface area contributed by atoms with E-state index in [1.54, 1.807) is 6.07 Å². The Labute approximate surface area is 215 Å². The third kappa shape index (κ3) is 6.96. The van der Waals surface area contributed by atoms with Crippen molar-refractivity contribution in [3.63, 3.8) is 0 Å². The fourth-order valence-corrected chi connectivity index (χ4v) is 4.10. The molecule has 0 aromatic heterocycles. The van der Waals surface area contributed by atoms with Crippen molar-refractivity contribution in [2.45, 2.75) is 25.6 Å². The number of carbonyl (C=O) groups excluding carboxylic acids is 3. The van der Waals surface area contributed by atoms with Crippen LogP contribution < -0.4 is 16.5 Å². The van der Waals surface area contributed by atoms with Gasteiger partial charge in [0.25, 0.3) is 5.91 Å². The molecule has 4 N–H and O–H groups in total. The fraction of sp³-hybridized carbons (Fsp3) is 0.375. The lowest BCUT2D eigenvalue weighted by atomic mass is 9.78. The quantitative estimate of drug-likeness (QED) is 0.349. The molecule has 0 saturated carbocycles. The normalized spacial score (nSPS) is 15.2. The zero-order valence-electron chi connectivity index (χ0n) is 19.5. The minimum absolute atomic E-state index is 0.0775. The lowest BCUT2D eigenvalue weighted by Crippen LogP contribution is -2.53. The molecule has 0 spiro atoms. The van der Waals surface area contributed by atoms with Gasteiger partial charge in [0, 0.05) is 30.8 Å². The lowest BCUT2D eigenvalue weighted by Gasteiger charge is -2.40. The second kappa shape index (κ2) is 11.9. The summed E-state index contributed by atoms with van der Waals surface area (Å²) < 4.78 is 52.5. The van der Waals surface area contributed by atoms with Gasteiger partial charge in [0.15, 0.2) is 0 Å². The molecule has 200 valence electrons. The van der Waals surface area contributed by atoms with Crippen LogP contribution in [-0.4, -0.2) is 48.9 Å². The molecule has 13 heteroatoms. The number of nitrogens with two attached hydrogens (primary N) is 1. The van der Waals surface area contributed by atoms with Crippen LogP contribution >= 0.6 is 11.6 Å². The molecule has 8 nitrogen and oxygen atoms in total. The van der Waals surface area contributed by atoms with Crippen LogP contribution in [0.4, 0.5) is 17.6 Å². The van der Waals surface area contributed by atoms with E-state index in [1.807, 2.05) is 0 Å². The average Bonchev–Trinajstić information content (AvgIpc) is 2.88. The van der Waals surface area contributed by atoms with Crippen LogP contribution in [-0.2, 0) is 27.1 Å². The van der Waals surface area contributed by atoms with Crippen molar-refractivity contribution in [1.82, 2.24) is 15.7 Å². The highest BCUT2D eigenvalue weighted by Gasteiger charge is 2.43. The second-order valence-electron chi connectivity index (χ2n) is 8.56. The molecule has 1 heterocycles. The van der Waals surface area contributed by atoms with Crippen molar-refractivity contribution in [3.8, 4) is 0 Å². The Balaban J connectivity index is 1.67. The SMILES string of the molecule is NCC(=O)N1CCC(CONC(=O)c2ccc(C(F)(F)F)cc2)(C(=O)NCc2cccc(Cl)c2F)CC1. The van der Waals surface area contributed by atoms with Gasteiger partial charge in [0.05, 0.1) is 29.2 Å². The average molecular weight is 545 g/mol. The summed E-state index contributed by atoms with van der Waals surface area (Å²) in [5.41, 5.74) is 5.56. The van der Waals surface area contributed by atoms with Gasteiger partial charge in [-0.15, -0.1) is 0 Å². The minimum Gasteiger partial charge on any atom is -0.351 e. The largest absolute Gasteiger partial charge is 0.416 e. The Morgan fingerprint density at radius 3 is 2.32 bits per heavy atom. The topological polar surface area (TPSA) is 114 Å². The molecular weight excluding hydrogens is 520 g/mol. The molecule has 1 fully saturated rings. The number of carbonyl (C=O) groups is 3. The molecule has 0 atom stereocenters. The van der Waals surface area contributed by atoms with Gasteiger partial charge in [0.2, 0.25) is 11.8 Å². The summed E-state index contributed by atoms with van der Waals surface area (Å²) in [6, 6.07) is 7.92. The van der Waals surface area contributed by atoms with Gasteiger partial charge in [-0.2, -0.15) is 13.2 Å². The molecule has 3 amide bonds. The predicted molar refractivity (Wildman–Crippen MR) is 125 cm³/mol. The Morgan fingerprint density at radius 1 is 1.08 bits per heavy atom. The summed E-state index contributed by atoms with van der Waals surface area (Å²) in [7, 11) is 0. The van der Waals surface area contributed by atoms with Crippen LogP contribution in [0.15, 0.2) is 42.5 Å². The highest BCUT2D eigenvalue weighted by Crippen LogP contribution is 2.33. The van der Waals surface area contributed by atoms with Gasteiger partial charge in [-0.3, -0.25) is 19.2 Å². The van der Waals surface area contributed by atoms with Crippen LogP contribution in [0.2, 0.25) is 5.02 Å². The summed E-state index contributed by atoms with van der Waals surface area (Å²) in [6.45, 7) is -0.243. The smallest absolute Gasteiger partial charge is 0.351 e. The molecule has 2 aromatic rings. The number of nitrogens with zero attached hydrogens (tertiary/aromatic N) is 1. The molecule has 1 aliphatic heterocycles. The van der Waals surface area contributed by atoms with E-state index in [9.17, 15) is 31.9 Å². The van der Waals surface area contributed by atoms with Crippen molar-refractivity contribution in [2.24, 2.45) is 11.1 Å². The molecule has 1 saturated heterocycles. The highest BCUT2D eigenvalue weighted by molar-refractivity contribution is 6.30. The van der Waals surface area contributed by atoms with Crippen molar-refractivity contribution in [2.75, 3.05) is 26.2 Å². The first kappa shape index (κ1) is 28.4. The van der Waals surface area contributed by atoms with E-state index in [0.717, 1.165) is 24.3 Å². The third-order valence-electron chi connectivity index (χ3n) is 6.19. The van der Waals surface area contributed by atoms with E-state index >= 15 is 0 Å². The zero-order valence-corrected chi connectivity index (χ0v) is 20.3. The van der Waals surface area contributed by atoms with Crippen molar-refractivity contribution < 1.29 is 36.8 Å². The number of rotatable bonds is 8. The number of likely N-dealkylation sites (tertiary alicyclic amines) is 1. The van der Waals surface area contributed by atoms with E-state index in [0.29, 0.717) is 0 Å². The van der Waals surface area contributed by atoms with E-state index in [1.165, 1.54) is 17.0 Å².